The summed E-state index contributed by atoms with van der Waals surface area (Å²) in [7, 11) is -7.37. The molecular weight excluding hydrogens is 440 g/mol. The van der Waals surface area contributed by atoms with Crippen LogP contribution in [0.4, 0.5) is 5.69 Å². The maximum atomic E-state index is 12.3. The van der Waals surface area contributed by atoms with Crippen LogP contribution in [0.15, 0.2) is 47.4 Å². The molecule has 1 saturated heterocycles. The molecule has 0 spiro atoms. The SMILES string of the molecule is NS(=O)(=O)c1cc(NC(=O)Cc2ccccc2Cl)ccc1OC1CCS(=O)(=O)C1. The van der Waals surface area contributed by atoms with Crippen molar-refractivity contribution in [3.8, 4) is 5.75 Å². The Bertz CT molecular complexity index is 1150. The van der Waals surface area contributed by atoms with Crippen LogP contribution in [0.5, 0.6) is 5.75 Å². The lowest BCUT2D eigenvalue weighted by atomic mass is 10.1. The van der Waals surface area contributed by atoms with Gasteiger partial charge in [-0.05, 0) is 36.2 Å². The molecule has 3 rings (SSSR count). The third kappa shape index (κ3) is 5.69. The van der Waals surface area contributed by atoms with Crippen LogP contribution >= 0.6 is 11.6 Å². The summed E-state index contributed by atoms with van der Waals surface area (Å²) >= 11 is 6.04. The summed E-state index contributed by atoms with van der Waals surface area (Å²) in [5.41, 5.74) is 0.832. The van der Waals surface area contributed by atoms with Crippen LogP contribution < -0.4 is 15.2 Å². The highest BCUT2D eigenvalue weighted by Gasteiger charge is 2.30. The first-order valence-corrected chi connectivity index (χ1v) is 12.4. The molecule has 1 atom stereocenters. The lowest BCUT2D eigenvalue weighted by Gasteiger charge is -2.16. The van der Waals surface area contributed by atoms with Gasteiger partial charge in [-0.15, -0.1) is 0 Å². The molecule has 0 aromatic heterocycles. The van der Waals surface area contributed by atoms with Crippen LogP contribution in [0, 0.1) is 0 Å². The normalized spacial score (nSPS) is 18.3. The fourth-order valence-electron chi connectivity index (χ4n) is 2.96. The third-order valence-electron chi connectivity index (χ3n) is 4.33. The predicted octanol–water partition coefficient (Wildman–Crippen LogP) is 1.73. The number of nitrogens with one attached hydrogen (secondary N) is 1. The van der Waals surface area contributed by atoms with Crippen molar-refractivity contribution >= 4 is 43.1 Å². The largest absolute Gasteiger partial charge is 0.488 e. The maximum Gasteiger partial charge on any atom is 0.241 e. The number of sulfone groups is 1. The van der Waals surface area contributed by atoms with Crippen molar-refractivity contribution in [2.45, 2.75) is 23.8 Å². The minimum atomic E-state index is -4.17. The summed E-state index contributed by atoms with van der Waals surface area (Å²) in [4.78, 5) is 11.9. The van der Waals surface area contributed by atoms with Crippen molar-refractivity contribution in [2.75, 3.05) is 16.8 Å². The number of carbonyl (C=O) groups is 1. The van der Waals surface area contributed by atoms with Gasteiger partial charge in [0.15, 0.2) is 9.84 Å². The molecule has 2 aromatic rings. The molecule has 1 heterocycles. The van der Waals surface area contributed by atoms with Crippen LogP contribution in [0.3, 0.4) is 0 Å². The second kappa shape index (κ2) is 8.31. The van der Waals surface area contributed by atoms with Gasteiger partial charge in [0, 0.05) is 10.7 Å². The van der Waals surface area contributed by atoms with Gasteiger partial charge in [0.2, 0.25) is 15.9 Å². The third-order valence-corrected chi connectivity index (χ3v) is 7.37. The molecule has 156 valence electrons. The Kier molecular flexibility index (Phi) is 6.18. The topological polar surface area (TPSA) is 133 Å². The van der Waals surface area contributed by atoms with Gasteiger partial charge in [-0.1, -0.05) is 29.8 Å². The van der Waals surface area contributed by atoms with Gasteiger partial charge in [-0.25, -0.2) is 22.0 Å². The summed E-state index contributed by atoms with van der Waals surface area (Å²) in [5.74, 6) is -0.654. The number of rotatable bonds is 6. The molecule has 3 N–H and O–H groups in total. The highest BCUT2D eigenvalue weighted by Crippen LogP contribution is 2.29. The molecule has 29 heavy (non-hydrogen) atoms. The second-order valence-electron chi connectivity index (χ2n) is 6.67. The van der Waals surface area contributed by atoms with Gasteiger partial charge in [0.25, 0.3) is 0 Å². The smallest absolute Gasteiger partial charge is 0.241 e. The number of halogens is 1. The zero-order valence-corrected chi connectivity index (χ0v) is 17.6. The van der Waals surface area contributed by atoms with E-state index in [2.05, 4.69) is 5.32 Å². The van der Waals surface area contributed by atoms with E-state index in [1.807, 2.05) is 0 Å². The average molecular weight is 459 g/mol. The fraction of sp³-hybridized carbons (Fsp3) is 0.278. The van der Waals surface area contributed by atoms with E-state index in [9.17, 15) is 21.6 Å². The molecule has 11 heteroatoms. The van der Waals surface area contributed by atoms with E-state index in [4.69, 9.17) is 21.5 Å². The quantitative estimate of drug-likeness (QED) is 0.677. The number of sulfonamides is 1. The summed E-state index contributed by atoms with van der Waals surface area (Å²) in [6, 6.07) is 10.9. The van der Waals surface area contributed by atoms with Crippen molar-refractivity contribution in [3.05, 3.63) is 53.1 Å². The first kappa shape index (κ1) is 21.6. The molecule has 8 nitrogen and oxygen atoms in total. The predicted molar refractivity (Wildman–Crippen MR) is 109 cm³/mol. The number of benzene rings is 2. The van der Waals surface area contributed by atoms with Gasteiger partial charge < -0.3 is 10.1 Å². The Labute approximate surface area is 174 Å². The first-order chi connectivity index (χ1) is 13.5. The van der Waals surface area contributed by atoms with E-state index in [-0.39, 0.29) is 40.7 Å². The van der Waals surface area contributed by atoms with Crippen LogP contribution in [0.1, 0.15) is 12.0 Å². The highest BCUT2D eigenvalue weighted by molar-refractivity contribution is 7.91. The van der Waals surface area contributed by atoms with Gasteiger partial charge in [0.1, 0.15) is 16.7 Å². The van der Waals surface area contributed by atoms with Crippen LogP contribution in [-0.4, -0.2) is 40.4 Å². The maximum absolute atomic E-state index is 12.3. The number of anilines is 1. The van der Waals surface area contributed by atoms with Gasteiger partial charge >= 0.3 is 0 Å². The molecule has 1 aliphatic rings. The van der Waals surface area contributed by atoms with E-state index in [0.717, 1.165) is 0 Å². The fourth-order valence-corrected chi connectivity index (χ4v) is 5.44. The number of nitrogens with two attached hydrogens (primary N) is 1. The van der Waals surface area contributed by atoms with Gasteiger partial charge in [0.05, 0.1) is 17.9 Å². The second-order valence-corrected chi connectivity index (χ2v) is 10.8. The van der Waals surface area contributed by atoms with Gasteiger partial charge in [-0.3, -0.25) is 4.79 Å². The zero-order valence-electron chi connectivity index (χ0n) is 15.2. The number of ether oxygens (including phenoxy) is 1. The standard InChI is InChI=1S/C18H19ClN2O6S2/c19-15-4-2-1-3-12(15)9-18(22)21-13-5-6-16(17(10-13)29(20,25)26)27-14-7-8-28(23,24)11-14/h1-6,10,14H,7-9,11H2,(H,21,22)(H2,20,25,26). The lowest BCUT2D eigenvalue weighted by molar-refractivity contribution is -0.115. The molecule has 0 radical (unpaired) electrons. The Morgan fingerprint density at radius 1 is 1.24 bits per heavy atom. The summed E-state index contributed by atoms with van der Waals surface area (Å²) in [6.45, 7) is 0. The molecule has 1 amide bonds. The van der Waals surface area contributed by atoms with E-state index >= 15 is 0 Å². The van der Waals surface area contributed by atoms with Crippen molar-refractivity contribution < 1.29 is 26.4 Å². The number of hydrogen-bond donors (Lipinski definition) is 2. The van der Waals surface area contributed by atoms with Crippen LogP contribution in [-0.2, 0) is 31.1 Å². The number of primary sulfonamides is 1. The monoisotopic (exact) mass is 458 g/mol. The van der Waals surface area contributed by atoms with E-state index in [0.29, 0.717) is 10.6 Å². The molecule has 0 bridgehead atoms. The molecule has 2 aromatic carbocycles. The number of carbonyl (C=O) groups excluding carboxylic acids is 1. The number of hydrogen-bond acceptors (Lipinski definition) is 6. The summed E-state index contributed by atoms with van der Waals surface area (Å²) in [6.07, 6.45) is -0.383. The van der Waals surface area contributed by atoms with Gasteiger partial charge in [-0.2, -0.15) is 0 Å². The Morgan fingerprint density at radius 3 is 2.59 bits per heavy atom. The van der Waals surface area contributed by atoms with Crippen molar-refractivity contribution in [2.24, 2.45) is 5.14 Å². The zero-order chi connectivity index (χ0) is 21.2. The van der Waals surface area contributed by atoms with Crippen LogP contribution in [0.2, 0.25) is 5.02 Å². The van der Waals surface area contributed by atoms with E-state index < -0.39 is 31.9 Å². The molecular formula is C18H19ClN2O6S2. The van der Waals surface area contributed by atoms with Crippen molar-refractivity contribution in [3.63, 3.8) is 0 Å². The summed E-state index contributed by atoms with van der Waals surface area (Å²) in [5, 5.41) is 8.31. The minimum Gasteiger partial charge on any atom is -0.488 e. The molecule has 0 aliphatic carbocycles. The first-order valence-electron chi connectivity index (χ1n) is 8.61. The Morgan fingerprint density at radius 2 is 1.97 bits per heavy atom. The minimum absolute atomic E-state index is 0.00255. The highest BCUT2D eigenvalue weighted by atomic mass is 35.5. The average Bonchev–Trinajstić information content (AvgIpc) is 2.96. The van der Waals surface area contributed by atoms with Crippen molar-refractivity contribution in [1.82, 2.24) is 0 Å². The van der Waals surface area contributed by atoms with Crippen molar-refractivity contribution in [1.29, 1.82) is 0 Å². The molecule has 0 saturated carbocycles. The molecule has 1 unspecified atom stereocenters. The Balaban J connectivity index is 1.79. The van der Waals surface area contributed by atoms with Crippen LogP contribution in [0.25, 0.3) is 0 Å². The number of amides is 1. The summed E-state index contributed by atoms with van der Waals surface area (Å²) < 4.78 is 52.7. The Hall–Kier alpha value is -2.14. The molecule has 1 aliphatic heterocycles. The van der Waals surface area contributed by atoms with E-state index in [1.54, 1.807) is 24.3 Å². The lowest BCUT2D eigenvalue weighted by Crippen LogP contribution is -2.21. The molecule has 1 fully saturated rings. The van der Waals surface area contributed by atoms with E-state index in [1.165, 1.54) is 18.2 Å².